The maximum absolute atomic E-state index is 10.5. The lowest BCUT2D eigenvalue weighted by molar-refractivity contribution is -0.0174. The second-order valence-electron chi connectivity index (χ2n) is 4.75. The van der Waals surface area contributed by atoms with Crippen LogP contribution in [0.5, 0.6) is 0 Å². The lowest BCUT2D eigenvalue weighted by atomic mass is 9.75. The number of ether oxygens (including phenoxy) is 1. The molecular formula is C11H20O3. The van der Waals surface area contributed by atoms with Crippen LogP contribution in [0.15, 0.2) is 0 Å². The van der Waals surface area contributed by atoms with Gasteiger partial charge in [-0.15, -0.1) is 0 Å². The summed E-state index contributed by atoms with van der Waals surface area (Å²) in [5, 5.41) is 8.63. The number of hydrogen-bond acceptors (Lipinski definition) is 2. The third-order valence-corrected chi connectivity index (χ3v) is 3.21. The van der Waals surface area contributed by atoms with Gasteiger partial charge in [-0.25, -0.2) is 4.79 Å². The molecular weight excluding hydrogens is 180 g/mol. The monoisotopic (exact) mass is 200 g/mol. The zero-order valence-electron chi connectivity index (χ0n) is 9.19. The minimum absolute atomic E-state index is 0.0868. The molecule has 0 aromatic carbocycles. The Morgan fingerprint density at radius 1 is 1.43 bits per heavy atom. The van der Waals surface area contributed by atoms with Crippen molar-refractivity contribution < 1.29 is 14.6 Å². The summed E-state index contributed by atoms with van der Waals surface area (Å²) in [6.45, 7) is 6.44. The Morgan fingerprint density at radius 2 is 2.07 bits per heavy atom. The Labute approximate surface area is 85.5 Å². The van der Waals surface area contributed by atoms with E-state index in [9.17, 15) is 4.79 Å². The molecule has 0 radical (unpaired) electrons. The molecule has 0 heterocycles. The van der Waals surface area contributed by atoms with Gasteiger partial charge in [0.1, 0.15) is 6.10 Å². The van der Waals surface area contributed by atoms with Crippen molar-refractivity contribution >= 4 is 6.16 Å². The highest BCUT2D eigenvalue weighted by Crippen LogP contribution is 2.35. The molecule has 0 aliphatic heterocycles. The van der Waals surface area contributed by atoms with E-state index in [-0.39, 0.29) is 6.10 Å². The Hall–Kier alpha value is -0.730. The van der Waals surface area contributed by atoms with Gasteiger partial charge in [-0.05, 0) is 30.6 Å². The number of hydrogen-bond donors (Lipinski definition) is 1. The van der Waals surface area contributed by atoms with Gasteiger partial charge >= 0.3 is 6.16 Å². The number of carbonyl (C=O) groups is 1. The fourth-order valence-electron chi connectivity index (χ4n) is 2.38. The van der Waals surface area contributed by atoms with Crippen LogP contribution in [0.3, 0.4) is 0 Å². The summed E-state index contributed by atoms with van der Waals surface area (Å²) >= 11 is 0. The molecule has 1 fully saturated rings. The second-order valence-corrected chi connectivity index (χ2v) is 4.75. The SMILES string of the molecule is CC(C)[C@H]1CC[C@H](C)C[C@@H]1OC(=O)O. The molecule has 0 unspecified atom stereocenters. The van der Waals surface area contributed by atoms with Crippen LogP contribution in [0.2, 0.25) is 0 Å². The van der Waals surface area contributed by atoms with Crippen molar-refractivity contribution in [2.75, 3.05) is 0 Å². The van der Waals surface area contributed by atoms with Crippen LogP contribution in [0.25, 0.3) is 0 Å². The third kappa shape index (κ3) is 2.89. The van der Waals surface area contributed by atoms with Crippen molar-refractivity contribution in [3.63, 3.8) is 0 Å². The van der Waals surface area contributed by atoms with E-state index in [0.29, 0.717) is 17.8 Å². The van der Waals surface area contributed by atoms with E-state index in [4.69, 9.17) is 9.84 Å². The summed E-state index contributed by atoms with van der Waals surface area (Å²) in [6, 6.07) is 0. The first kappa shape index (κ1) is 11.3. The van der Waals surface area contributed by atoms with Crippen molar-refractivity contribution in [3.05, 3.63) is 0 Å². The Kier molecular flexibility index (Phi) is 3.78. The van der Waals surface area contributed by atoms with Crippen LogP contribution >= 0.6 is 0 Å². The van der Waals surface area contributed by atoms with Crippen LogP contribution in [0, 0.1) is 17.8 Å². The molecule has 0 bridgehead atoms. The quantitative estimate of drug-likeness (QED) is 0.696. The molecule has 0 amide bonds. The van der Waals surface area contributed by atoms with E-state index < -0.39 is 6.16 Å². The molecule has 1 saturated carbocycles. The summed E-state index contributed by atoms with van der Waals surface area (Å²) in [5.41, 5.74) is 0. The molecule has 0 aromatic rings. The third-order valence-electron chi connectivity index (χ3n) is 3.21. The normalized spacial score (nSPS) is 33.0. The fraction of sp³-hybridized carbons (Fsp3) is 0.909. The minimum Gasteiger partial charge on any atom is -0.450 e. The predicted octanol–water partition coefficient (Wildman–Crippen LogP) is 3.14. The van der Waals surface area contributed by atoms with E-state index in [0.717, 1.165) is 12.8 Å². The first-order chi connectivity index (χ1) is 6.50. The summed E-state index contributed by atoms with van der Waals surface area (Å²) in [7, 11) is 0. The maximum atomic E-state index is 10.5. The van der Waals surface area contributed by atoms with Crippen molar-refractivity contribution in [2.24, 2.45) is 17.8 Å². The van der Waals surface area contributed by atoms with E-state index in [1.54, 1.807) is 0 Å². The highest BCUT2D eigenvalue weighted by Gasteiger charge is 2.33. The van der Waals surface area contributed by atoms with Gasteiger partial charge < -0.3 is 9.84 Å². The molecule has 3 heteroatoms. The van der Waals surface area contributed by atoms with Gasteiger partial charge in [-0.2, -0.15) is 0 Å². The first-order valence-corrected chi connectivity index (χ1v) is 5.40. The lowest BCUT2D eigenvalue weighted by Gasteiger charge is -2.35. The van der Waals surface area contributed by atoms with Crippen molar-refractivity contribution in [1.82, 2.24) is 0 Å². The highest BCUT2D eigenvalue weighted by molar-refractivity contribution is 5.57. The van der Waals surface area contributed by atoms with Gasteiger partial charge in [0.05, 0.1) is 0 Å². The van der Waals surface area contributed by atoms with E-state index in [1.807, 2.05) is 0 Å². The van der Waals surface area contributed by atoms with Crippen LogP contribution in [-0.4, -0.2) is 17.4 Å². The van der Waals surface area contributed by atoms with Crippen molar-refractivity contribution in [3.8, 4) is 0 Å². The summed E-state index contributed by atoms with van der Waals surface area (Å²) < 4.78 is 4.95. The largest absolute Gasteiger partial charge is 0.506 e. The summed E-state index contributed by atoms with van der Waals surface area (Å²) in [6.07, 6.45) is 1.96. The summed E-state index contributed by atoms with van der Waals surface area (Å²) in [5.74, 6) is 1.50. The topological polar surface area (TPSA) is 46.5 Å². The van der Waals surface area contributed by atoms with Gasteiger partial charge in [0.15, 0.2) is 0 Å². The minimum atomic E-state index is -1.13. The number of rotatable bonds is 2. The van der Waals surface area contributed by atoms with E-state index in [1.165, 1.54) is 6.42 Å². The van der Waals surface area contributed by atoms with Crippen LogP contribution in [0.4, 0.5) is 4.79 Å². The zero-order chi connectivity index (χ0) is 10.7. The highest BCUT2D eigenvalue weighted by atomic mass is 16.7. The smallest absolute Gasteiger partial charge is 0.450 e. The average Bonchev–Trinajstić information content (AvgIpc) is 2.01. The fourth-order valence-corrected chi connectivity index (χ4v) is 2.38. The van der Waals surface area contributed by atoms with Gasteiger partial charge in [0, 0.05) is 0 Å². The molecule has 0 saturated heterocycles. The molecule has 82 valence electrons. The molecule has 1 aliphatic carbocycles. The molecule has 3 nitrogen and oxygen atoms in total. The van der Waals surface area contributed by atoms with E-state index in [2.05, 4.69) is 20.8 Å². The standard InChI is InChI=1S/C11H20O3/c1-7(2)9-5-4-8(3)6-10(9)14-11(12)13/h7-10H,4-6H2,1-3H3,(H,12,13)/t8-,9+,10-/m0/s1. The van der Waals surface area contributed by atoms with E-state index >= 15 is 0 Å². The second kappa shape index (κ2) is 4.67. The van der Waals surface area contributed by atoms with Crippen molar-refractivity contribution in [1.29, 1.82) is 0 Å². The number of carboxylic acid groups (broad SMARTS) is 1. The Morgan fingerprint density at radius 3 is 2.57 bits per heavy atom. The van der Waals surface area contributed by atoms with Gasteiger partial charge in [0.2, 0.25) is 0 Å². The van der Waals surface area contributed by atoms with Gasteiger partial charge in [-0.1, -0.05) is 27.2 Å². The lowest BCUT2D eigenvalue weighted by Crippen LogP contribution is -2.35. The van der Waals surface area contributed by atoms with Gasteiger partial charge in [0.25, 0.3) is 0 Å². The predicted molar refractivity (Wildman–Crippen MR) is 54.2 cm³/mol. The average molecular weight is 200 g/mol. The van der Waals surface area contributed by atoms with Gasteiger partial charge in [-0.3, -0.25) is 0 Å². The maximum Gasteiger partial charge on any atom is 0.506 e. The molecule has 14 heavy (non-hydrogen) atoms. The Balaban J connectivity index is 2.58. The van der Waals surface area contributed by atoms with Crippen LogP contribution in [-0.2, 0) is 4.74 Å². The first-order valence-electron chi connectivity index (χ1n) is 5.40. The zero-order valence-corrected chi connectivity index (χ0v) is 9.19. The van der Waals surface area contributed by atoms with Crippen LogP contribution in [0.1, 0.15) is 40.0 Å². The molecule has 1 N–H and O–H groups in total. The molecule has 1 rings (SSSR count). The molecule has 1 aliphatic rings. The van der Waals surface area contributed by atoms with Crippen molar-refractivity contribution in [2.45, 2.75) is 46.1 Å². The van der Waals surface area contributed by atoms with Crippen LogP contribution < -0.4 is 0 Å². The molecule has 0 spiro atoms. The molecule has 0 aromatic heterocycles. The Bertz CT molecular complexity index is 201. The molecule has 3 atom stereocenters. The summed E-state index contributed by atoms with van der Waals surface area (Å²) in [4.78, 5) is 10.5.